The Balaban J connectivity index is 1.55. The maximum absolute atomic E-state index is 10.3. The number of ether oxygens (including phenoxy) is 1. The highest BCUT2D eigenvalue weighted by molar-refractivity contribution is 6.32. The number of benzene rings is 2. The molecule has 122 valence electrons. The highest BCUT2D eigenvalue weighted by atomic mass is 35.5. The molecule has 0 amide bonds. The number of likely N-dealkylation sites (tertiary alicyclic amines) is 1. The van der Waals surface area contributed by atoms with Crippen molar-refractivity contribution in [3.8, 4) is 5.75 Å². The van der Waals surface area contributed by atoms with Gasteiger partial charge in [-0.05, 0) is 37.1 Å². The zero-order valence-corrected chi connectivity index (χ0v) is 13.8. The van der Waals surface area contributed by atoms with E-state index in [0.29, 0.717) is 23.4 Å². The summed E-state index contributed by atoms with van der Waals surface area (Å²) in [7, 11) is 0. The first-order chi connectivity index (χ1) is 11.2. The van der Waals surface area contributed by atoms with Crippen LogP contribution in [0, 0.1) is 0 Å². The van der Waals surface area contributed by atoms with Crippen LogP contribution in [-0.2, 0) is 0 Å². The SMILES string of the molecule is OC(COc1ccccc1Cl)CN1CCCC1c1ccccc1. The number of nitrogens with zero attached hydrogens (tertiary/aromatic N) is 1. The van der Waals surface area contributed by atoms with Gasteiger partial charge in [-0.1, -0.05) is 54.1 Å². The van der Waals surface area contributed by atoms with Gasteiger partial charge in [0.25, 0.3) is 0 Å². The van der Waals surface area contributed by atoms with Gasteiger partial charge in [-0.2, -0.15) is 0 Å². The lowest BCUT2D eigenvalue weighted by molar-refractivity contribution is 0.0639. The minimum absolute atomic E-state index is 0.252. The molecule has 0 bridgehead atoms. The normalized spacial score (nSPS) is 19.7. The average Bonchev–Trinajstić information content (AvgIpc) is 3.03. The Kier molecular flexibility index (Phi) is 5.55. The predicted octanol–water partition coefficient (Wildman–Crippen LogP) is 3.92. The van der Waals surface area contributed by atoms with Gasteiger partial charge < -0.3 is 9.84 Å². The molecule has 0 aromatic heterocycles. The van der Waals surface area contributed by atoms with Crippen molar-refractivity contribution < 1.29 is 9.84 Å². The molecule has 1 aliphatic heterocycles. The largest absolute Gasteiger partial charge is 0.489 e. The van der Waals surface area contributed by atoms with E-state index < -0.39 is 6.10 Å². The number of aliphatic hydroxyl groups excluding tert-OH is 1. The van der Waals surface area contributed by atoms with Gasteiger partial charge in [0.1, 0.15) is 18.5 Å². The summed E-state index contributed by atoms with van der Waals surface area (Å²) in [6, 6.07) is 18.2. The van der Waals surface area contributed by atoms with Crippen LogP contribution in [-0.4, -0.2) is 35.8 Å². The van der Waals surface area contributed by atoms with Crippen molar-refractivity contribution in [2.45, 2.75) is 25.0 Å². The van der Waals surface area contributed by atoms with Gasteiger partial charge in [-0.3, -0.25) is 4.90 Å². The Morgan fingerprint density at radius 3 is 2.65 bits per heavy atom. The monoisotopic (exact) mass is 331 g/mol. The van der Waals surface area contributed by atoms with Gasteiger partial charge in [-0.15, -0.1) is 0 Å². The summed E-state index contributed by atoms with van der Waals surface area (Å²) >= 11 is 6.06. The third kappa shape index (κ3) is 4.25. The predicted molar refractivity (Wildman–Crippen MR) is 92.9 cm³/mol. The van der Waals surface area contributed by atoms with Crippen LogP contribution in [0.25, 0.3) is 0 Å². The van der Waals surface area contributed by atoms with Crippen LogP contribution in [0.15, 0.2) is 54.6 Å². The molecule has 2 aromatic rings. The van der Waals surface area contributed by atoms with E-state index in [1.54, 1.807) is 6.07 Å². The number of para-hydroxylation sites is 1. The Labute approximate surface area is 142 Å². The molecule has 0 radical (unpaired) electrons. The first kappa shape index (κ1) is 16.3. The van der Waals surface area contributed by atoms with Crippen molar-refractivity contribution >= 4 is 11.6 Å². The van der Waals surface area contributed by atoms with Crippen LogP contribution in [0.3, 0.4) is 0 Å². The van der Waals surface area contributed by atoms with Crippen LogP contribution in [0.1, 0.15) is 24.4 Å². The lowest BCUT2D eigenvalue weighted by Gasteiger charge is -2.27. The van der Waals surface area contributed by atoms with E-state index in [2.05, 4.69) is 29.2 Å². The summed E-state index contributed by atoms with van der Waals surface area (Å²) in [6.45, 7) is 1.88. The van der Waals surface area contributed by atoms with Crippen LogP contribution in [0.5, 0.6) is 5.75 Å². The molecular formula is C19H22ClNO2. The summed E-state index contributed by atoms with van der Waals surface area (Å²) in [6.07, 6.45) is 1.77. The van der Waals surface area contributed by atoms with Gasteiger partial charge in [0, 0.05) is 12.6 Å². The molecule has 0 aliphatic carbocycles. The van der Waals surface area contributed by atoms with Crippen molar-refractivity contribution in [1.29, 1.82) is 0 Å². The number of β-amino-alcohol motifs (C(OH)–C–C–N with tert-alkyl or cyclic N) is 1. The van der Waals surface area contributed by atoms with Gasteiger partial charge >= 0.3 is 0 Å². The van der Waals surface area contributed by atoms with Crippen molar-refractivity contribution in [3.63, 3.8) is 0 Å². The lowest BCUT2D eigenvalue weighted by Crippen LogP contribution is -2.35. The summed E-state index contributed by atoms with van der Waals surface area (Å²) in [4.78, 5) is 2.34. The Morgan fingerprint density at radius 1 is 1.13 bits per heavy atom. The molecule has 23 heavy (non-hydrogen) atoms. The Morgan fingerprint density at radius 2 is 1.87 bits per heavy atom. The van der Waals surface area contributed by atoms with E-state index in [4.69, 9.17) is 16.3 Å². The minimum atomic E-state index is -0.532. The molecule has 1 heterocycles. The molecule has 2 aromatic carbocycles. The van der Waals surface area contributed by atoms with Gasteiger partial charge in [0.15, 0.2) is 0 Å². The second-order valence-electron chi connectivity index (χ2n) is 5.96. The van der Waals surface area contributed by atoms with Crippen molar-refractivity contribution in [1.82, 2.24) is 4.90 Å². The average molecular weight is 332 g/mol. The van der Waals surface area contributed by atoms with E-state index in [9.17, 15) is 5.11 Å². The Hall–Kier alpha value is -1.55. The molecule has 3 rings (SSSR count). The van der Waals surface area contributed by atoms with E-state index in [0.717, 1.165) is 19.4 Å². The second kappa shape index (κ2) is 7.82. The maximum Gasteiger partial charge on any atom is 0.138 e. The zero-order valence-electron chi connectivity index (χ0n) is 13.1. The third-order valence-corrected chi connectivity index (χ3v) is 4.57. The quantitative estimate of drug-likeness (QED) is 0.871. The number of rotatable bonds is 6. The van der Waals surface area contributed by atoms with Crippen LogP contribution < -0.4 is 4.74 Å². The molecule has 2 atom stereocenters. The summed E-state index contributed by atoms with van der Waals surface area (Å²) in [5.41, 5.74) is 1.32. The highest BCUT2D eigenvalue weighted by Gasteiger charge is 2.27. The second-order valence-corrected chi connectivity index (χ2v) is 6.37. The van der Waals surface area contributed by atoms with Gasteiger partial charge in [0.05, 0.1) is 5.02 Å². The molecule has 3 nitrogen and oxygen atoms in total. The number of aliphatic hydroxyl groups is 1. The van der Waals surface area contributed by atoms with Gasteiger partial charge in [0.2, 0.25) is 0 Å². The molecule has 4 heteroatoms. The van der Waals surface area contributed by atoms with E-state index in [1.165, 1.54) is 5.56 Å². The number of halogens is 1. The molecular weight excluding hydrogens is 310 g/mol. The first-order valence-corrected chi connectivity index (χ1v) is 8.46. The third-order valence-electron chi connectivity index (χ3n) is 4.26. The van der Waals surface area contributed by atoms with E-state index in [-0.39, 0.29) is 6.61 Å². The van der Waals surface area contributed by atoms with E-state index in [1.807, 2.05) is 24.3 Å². The summed E-state index contributed by atoms with van der Waals surface area (Å²) < 4.78 is 5.64. The van der Waals surface area contributed by atoms with Crippen molar-refractivity contribution in [2.75, 3.05) is 19.7 Å². The Bertz CT molecular complexity index is 620. The molecule has 0 spiro atoms. The molecule has 1 fully saturated rings. The fourth-order valence-corrected chi connectivity index (χ4v) is 3.36. The summed E-state index contributed by atoms with van der Waals surface area (Å²) in [5.74, 6) is 0.620. The fourth-order valence-electron chi connectivity index (χ4n) is 3.17. The zero-order chi connectivity index (χ0) is 16.1. The standard InChI is InChI=1S/C19H22ClNO2/c20-17-9-4-5-11-19(17)23-14-16(22)13-21-12-6-10-18(21)15-7-2-1-3-8-15/h1-5,7-9,11,16,18,22H,6,10,12-14H2. The molecule has 0 saturated carbocycles. The molecule has 2 unspecified atom stereocenters. The molecule has 1 aliphatic rings. The maximum atomic E-state index is 10.3. The molecule has 1 N–H and O–H groups in total. The van der Waals surface area contributed by atoms with Crippen LogP contribution >= 0.6 is 11.6 Å². The van der Waals surface area contributed by atoms with E-state index >= 15 is 0 Å². The fraction of sp³-hybridized carbons (Fsp3) is 0.368. The topological polar surface area (TPSA) is 32.7 Å². The number of hydrogen-bond acceptors (Lipinski definition) is 3. The van der Waals surface area contributed by atoms with Crippen LogP contribution in [0.4, 0.5) is 0 Å². The van der Waals surface area contributed by atoms with Crippen molar-refractivity contribution in [3.05, 3.63) is 65.2 Å². The molecule has 1 saturated heterocycles. The lowest BCUT2D eigenvalue weighted by atomic mass is 10.0. The first-order valence-electron chi connectivity index (χ1n) is 8.08. The minimum Gasteiger partial charge on any atom is -0.489 e. The number of hydrogen-bond donors (Lipinski definition) is 1. The smallest absolute Gasteiger partial charge is 0.138 e. The summed E-state index contributed by atoms with van der Waals surface area (Å²) in [5, 5.41) is 10.9. The van der Waals surface area contributed by atoms with Gasteiger partial charge in [-0.25, -0.2) is 0 Å². The van der Waals surface area contributed by atoms with Crippen molar-refractivity contribution in [2.24, 2.45) is 0 Å². The highest BCUT2D eigenvalue weighted by Crippen LogP contribution is 2.31. The van der Waals surface area contributed by atoms with Crippen LogP contribution in [0.2, 0.25) is 5.02 Å².